The van der Waals surface area contributed by atoms with Gasteiger partial charge in [0.15, 0.2) is 6.10 Å². The molecule has 0 radical (unpaired) electrons. The van der Waals surface area contributed by atoms with Crippen LogP contribution in [0.15, 0.2) is 18.2 Å². The molecule has 2 rings (SSSR count). The molecule has 3 atom stereocenters. The number of benzene rings is 1. The van der Waals surface area contributed by atoms with E-state index in [0.29, 0.717) is 25.4 Å². The molecule has 0 saturated carbocycles. The van der Waals surface area contributed by atoms with Crippen molar-refractivity contribution in [2.24, 2.45) is 0 Å². The Hall–Kier alpha value is -2.28. The van der Waals surface area contributed by atoms with Gasteiger partial charge in [0.2, 0.25) is 6.29 Å². The molecule has 32 heavy (non-hydrogen) atoms. The third kappa shape index (κ3) is 8.69. The Morgan fingerprint density at radius 2 is 1.84 bits per heavy atom. The molecule has 180 valence electrons. The number of aliphatic carboxylic acids is 1. The topological polar surface area (TPSA) is 156 Å². The minimum absolute atomic E-state index is 0.0352. The summed E-state index contributed by atoms with van der Waals surface area (Å²) in [5.41, 5.74) is 0.660. The molecule has 1 saturated heterocycles. The van der Waals surface area contributed by atoms with Gasteiger partial charge in [-0.05, 0) is 24.7 Å². The molecule has 0 bridgehead atoms. The van der Waals surface area contributed by atoms with E-state index in [1.54, 1.807) is 6.07 Å². The summed E-state index contributed by atoms with van der Waals surface area (Å²) in [5, 5.41) is 34.2. The summed E-state index contributed by atoms with van der Waals surface area (Å²) >= 11 is 0. The van der Waals surface area contributed by atoms with E-state index in [9.17, 15) is 19.8 Å². The lowest BCUT2D eigenvalue weighted by molar-refractivity contribution is -0.195. The fourth-order valence-corrected chi connectivity index (χ4v) is 3.02. The van der Waals surface area contributed by atoms with E-state index in [1.165, 1.54) is 12.1 Å². The van der Waals surface area contributed by atoms with Gasteiger partial charge in [-0.15, -0.1) is 0 Å². The van der Waals surface area contributed by atoms with E-state index >= 15 is 0 Å². The summed E-state index contributed by atoms with van der Waals surface area (Å²) in [5.74, 6) is -1.49. The molecule has 3 unspecified atom stereocenters. The SMILES string of the molecule is CNCCOCCOCCNC(=O)c1cc(CO)ccc1OC1CC(O)CC(C(=O)O)O1. The molecule has 1 amide bonds. The highest BCUT2D eigenvalue weighted by molar-refractivity contribution is 5.97. The average Bonchev–Trinajstić information content (AvgIpc) is 2.77. The van der Waals surface area contributed by atoms with Crippen LogP contribution >= 0.6 is 0 Å². The maximum absolute atomic E-state index is 12.7. The standard InChI is InChI=1S/C21H32N2O9/c1-22-4-6-29-8-9-30-7-5-23-20(26)16-10-14(13-24)2-3-17(16)31-19-12-15(25)11-18(32-19)21(27)28/h2-3,10,15,18-19,22,24-25H,4-9,11-13H2,1H3,(H,23,26)(H,27,28). The van der Waals surface area contributed by atoms with Crippen molar-refractivity contribution in [3.8, 4) is 5.75 Å². The van der Waals surface area contributed by atoms with Gasteiger partial charge in [0, 0.05) is 25.9 Å². The van der Waals surface area contributed by atoms with Crippen LogP contribution in [0.4, 0.5) is 0 Å². The van der Waals surface area contributed by atoms with E-state index in [4.69, 9.17) is 24.1 Å². The summed E-state index contributed by atoms with van der Waals surface area (Å²) in [6.07, 6.45) is -3.10. The van der Waals surface area contributed by atoms with E-state index in [-0.39, 0.29) is 43.9 Å². The third-order valence-electron chi connectivity index (χ3n) is 4.67. The van der Waals surface area contributed by atoms with Crippen LogP contribution in [0.3, 0.4) is 0 Å². The molecule has 1 aromatic rings. The number of aliphatic hydroxyl groups is 2. The monoisotopic (exact) mass is 456 g/mol. The van der Waals surface area contributed by atoms with Gasteiger partial charge >= 0.3 is 5.97 Å². The third-order valence-corrected chi connectivity index (χ3v) is 4.67. The van der Waals surface area contributed by atoms with Crippen LogP contribution in [0.25, 0.3) is 0 Å². The molecule has 5 N–H and O–H groups in total. The van der Waals surface area contributed by atoms with Gasteiger partial charge in [-0.25, -0.2) is 4.79 Å². The Morgan fingerprint density at radius 3 is 2.50 bits per heavy atom. The fourth-order valence-electron chi connectivity index (χ4n) is 3.02. The molecule has 11 nitrogen and oxygen atoms in total. The Kier molecular flexibility index (Phi) is 11.4. The Labute approximate surface area is 186 Å². The zero-order valence-corrected chi connectivity index (χ0v) is 18.1. The van der Waals surface area contributed by atoms with E-state index in [1.807, 2.05) is 7.05 Å². The normalized spacial score (nSPS) is 20.7. The van der Waals surface area contributed by atoms with E-state index in [0.717, 1.165) is 6.54 Å². The largest absolute Gasteiger partial charge is 0.479 e. The molecule has 1 aliphatic rings. The van der Waals surface area contributed by atoms with Gasteiger partial charge in [0.1, 0.15) is 5.75 Å². The van der Waals surface area contributed by atoms with Crippen molar-refractivity contribution in [2.45, 2.75) is 37.9 Å². The second-order valence-corrected chi connectivity index (χ2v) is 7.21. The van der Waals surface area contributed by atoms with Crippen LogP contribution in [0.1, 0.15) is 28.8 Å². The number of carboxylic acid groups (broad SMARTS) is 1. The maximum Gasteiger partial charge on any atom is 0.333 e. The number of hydrogen-bond acceptors (Lipinski definition) is 9. The van der Waals surface area contributed by atoms with Gasteiger partial charge in [0.25, 0.3) is 5.91 Å². The van der Waals surface area contributed by atoms with Crippen LogP contribution < -0.4 is 15.4 Å². The smallest absolute Gasteiger partial charge is 0.333 e. The van der Waals surface area contributed by atoms with Crippen molar-refractivity contribution in [2.75, 3.05) is 46.6 Å². The molecule has 0 aliphatic carbocycles. The number of carbonyl (C=O) groups excluding carboxylic acids is 1. The highest BCUT2D eigenvalue weighted by Crippen LogP contribution is 2.27. The molecule has 0 aromatic heterocycles. The summed E-state index contributed by atoms with van der Waals surface area (Å²) < 4.78 is 21.8. The lowest BCUT2D eigenvalue weighted by Crippen LogP contribution is -2.42. The Bertz CT molecular complexity index is 731. The number of carboxylic acids is 1. The number of aliphatic hydroxyl groups excluding tert-OH is 2. The molecule has 1 aromatic carbocycles. The predicted molar refractivity (Wildman–Crippen MR) is 112 cm³/mol. The van der Waals surface area contributed by atoms with Gasteiger partial charge in [-0.3, -0.25) is 4.79 Å². The first-order valence-electron chi connectivity index (χ1n) is 10.5. The first-order valence-corrected chi connectivity index (χ1v) is 10.5. The summed E-state index contributed by atoms with van der Waals surface area (Å²) in [6.45, 7) is 2.48. The minimum Gasteiger partial charge on any atom is -0.479 e. The first kappa shape index (κ1) is 26.0. The number of hydrogen-bond donors (Lipinski definition) is 5. The summed E-state index contributed by atoms with van der Waals surface area (Å²) in [7, 11) is 1.84. The van der Waals surface area contributed by atoms with Gasteiger partial charge < -0.3 is 44.9 Å². The predicted octanol–water partition coefficient (Wildman–Crippen LogP) is -0.509. The Morgan fingerprint density at radius 1 is 1.12 bits per heavy atom. The number of likely N-dealkylation sites (N-methyl/N-ethyl adjacent to an activating group) is 1. The van der Waals surface area contributed by atoms with Crippen molar-refractivity contribution in [3.63, 3.8) is 0 Å². The average molecular weight is 456 g/mol. The number of carbonyl (C=O) groups is 2. The highest BCUT2D eigenvalue weighted by atomic mass is 16.7. The number of ether oxygens (including phenoxy) is 4. The van der Waals surface area contributed by atoms with Crippen molar-refractivity contribution in [3.05, 3.63) is 29.3 Å². The zero-order chi connectivity index (χ0) is 23.3. The minimum atomic E-state index is -1.20. The maximum atomic E-state index is 12.7. The number of nitrogens with one attached hydrogen (secondary N) is 2. The van der Waals surface area contributed by atoms with Crippen LogP contribution in [0.5, 0.6) is 5.75 Å². The molecule has 0 spiro atoms. The second-order valence-electron chi connectivity index (χ2n) is 7.21. The summed E-state index contributed by atoms with van der Waals surface area (Å²) in [4.78, 5) is 23.9. The molecular formula is C21H32N2O9. The number of rotatable bonds is 14. The van der Waals surface area contributed by atoms with Gasteiger partial charge in [0.05, 0.1) is 44.7 Å². The fraction of sp³-hybridized carbons (Fsp3) is 0.619. The van der Waals surface area contributed by atoms with Gasteiger partial charge in [-0.2, -0.15) is 0 Å². The number of amides is 1. The Balaban J connectivity index is 1.89. The molecule has 1 fully saturated rings. The lowest BCUT2D eigenvalue weighted by atomic mass is 10.0. The van der Waals surface area contributed by atoms with Gasteiger partial charge in [-0.1, -0.05) is 6.07 Å². The second kappa shape index (κ2) is 14.0. The molecule has 11 heteroatoms. The van der Waals surface area contributed by atoms with Crippen LogP contribution in [0, 0.1) is 0 Å². The first-order chi connectivity index (χ1) is 15.4. The van der Waals surface area contributed by atoms with Crippen molar-refractivity contribution >= 4 is 11.9 Å². The highest BCUT2D eigenvalue weighted by Gasteiger charge is 2.34. The molecule has 1 aliphatic heterocycles. The molecule has 1 heterocycles. The van der Waals surface area contributed by atoms with Crippen LogP contribution in [-0.4, -0.2) is 92.3 Å². The van der Waals surface area contributed by atoms with Crippen LogP contribution in [-0.2, 0) is 25.6 Å². The van der Waals surface area contributed by atoms with Crippen molar-refractivity contribution in [1.29, 1.82) is 0 Å². The van der Waals surface area contributed by atoms with E-state index < -0.39 is 30.4 Å². The quantitative estimate of drug-likeness (QED) is 0.231. The zero-order valence-electron chi connectivity index (χ0n) is 18.1. The molecular weight excluding hydrogens is 424 g/mol. The van der Waals surface area contributed by atoms with Crippen molar-refractivity contribution < 1.29 is 43.9 Å². The summed E-state index contributed by atoms with van der Waals surface area (Å²) in [6, 6.07) is 4.56. The van der Waals surface area contributed by atoms with E-state index in [2.05, 4.69) is 10.6 Å². The lowest BCUT2D eigenvalue weighted by Gasteiger charge is -2.31. The van der Waals surface area contributed by atoms with Crippen molar-refractivity contribution in [1.82, 2.24) is 10.6 Å². The van der Waals surface area contributed by atoms with Crippen LogP contribution in [0.2, 0.25) is 0 Å².